The minimum atomic E-state index is -1.05. The Kier molecular flexibility index (Phi) is 2.59. The Morgan fingerprint density at radius 1 is 1.25 bits per heavy atom. The molecule has 2 aliphatic heterocycles. The Labute approximate surface area is 116 Å². The fourth-order valence-corrected chi connectivity index (χ4v) is 3.79. The molecule has 3 heterocycles. The molecular weight excluding hydrogens is 255 g/mol. The normalized spacial score (nSPS) is 32.7. The number of hydrogen-bond donors (Lipinski definition) is 2. The molecule has 3 nitrogen and oxygen atoms in total. The van der Waals surface area contributed by atoms with Crippen LogP contribution in [0.2, 0.25) is 0 Å². The molecule has 2 saturated heterocycles. The number of halogens is 1. The summed E-state index contributed by atoms with van der Waals surface area (Å²) in [5, 5.41) is 15.3. The Bertz CT molecular complexity index is 661. The molecule has 0 radical (unpaired) electrons. The van der Waals surface area contributed by atoms with Crippen molar-refractivity contribution in [2.75, 3.05) is 0 Å². The van der Waals surface area contributed by atoms with Crippen molar-refractivity contribution in [1.29, 1.82) is 0 Å². The topological polar surface area (TPSA) is 45.2 Å². The largest absolute Gasteiger partial charge is 0.385 e. The van der Waals surface area contributed by atoms with Crippen molar-refractivity contribution in [3.63, 3.8) is 0 Å². The summed E-state index contributed by atoms with van der Waals surface area (Å²) in [4.78, 5) is 4.16. The van der Waals surface area contributed by atoms with Crippen molar-refractivity contribution in [3.05, 3.63) is 41.8 Å². The fourth-order valence-electron chi connectivity index (χ4n) is 3.79. The standard InChI is InChI=1S/C16H17FN2O/c17-14-7-15-10(2-1-5-18-15)6-13(14)16(20)8-11-3-4-12(9-16)19-11/h1-2,5-7,11-12,19-20H,3-4,8-9H2. The lowest BCUT2D eigenvalue weighted by Gasteiger charge is -2.37. The number of rotatable bonds is 1. The van der Waals surface area contributed by atoms with E-state index < -0.39 is 5.60 Å². The van der Waals surface area contributed by atoms with Crippen LogP contribution in [0.15, 0.2) is 30.5 Å². The zero-order valence-corrected chi connectivity index (χ0v) is 11.1. The van der Waals surface area contributed by atoms with Crippen molar-refractivity contribution in [1.82, 2.24) is 10.3 Å². The van der Waals surface area contributed by atoms with Crippen LogP contribution in [0.3, 0.4) is 0 Å². The highest BCUT2D eigenvalue weighted by Crippen LogP contribution is 2.42. The number of benzene rings is 1. The molecule has 1 aromatic heterocycles. The first-order valence-corrected chi connectivity index (χ1v) is 7.17. The van der Waals surface area contributed by atoms with Gasteiger partial charge in [0, 0.05) is 35.3 Å². The van der Waals surface area contributed by atoms with Crippen LogP contribution in [0.4, 0.5) is 4.39 Å². The van der Waals surface area contributed by atoms with Crippen LogP contribution in [0.5, 0.6) is 0 Å². The minimum absolute atomic E-state index is 0.308. The van der Waals surface area contributed by atoms with Gasteiger partial charge in [0.05, 0.1) is 11.1 Å². The van der Waals surface area contributed by atoms with Crippen molar-refractivity contribution in [3.8, 4) is 0 Å². The average molecular weight is 272 g/mol. The highest BCUT2D eigenvalue weighted by atomic mass is 19.1. The van der Waals surface area contributed by atoms with Crippen molar-refractivity contribution < 1.29 is 9.50 Å². The zero-order chi connectivity index (χ0) is 13.7. The van der Waals surface area contributed by atoms with Gasteiger partial charge in [-0.3, -0.25) is 4.98 Å². The lowest BCUT2D eigenvalue weighted by atomic mass is 9.81. The Morgan fingerprint density at radius 3 is 2.75 bits per heavy atom. The van der Waals surface area contributed by atoms with Gasteiger partial charge in [-0.1, -0.05) is 6.07 Å². The van der Waals surface area contributed by atoms with E-state index in [-0.39, 0.29) is 5.82 Å². The van der Waals surface area contributed by atoms with Crippen LogP contribution in [0, 0.1) is 5.82 Å². The quantitative estimate of drug-likeness (QED) is 0.838. The smallest absolute Gasteiger partial charge is 0.131 e. The molecule has 104 valence electrons. The maximum Gasteiger partial charge on any atom is 0.131 e. The predicted octanol–water partition coefficient (Wildman–Crippen LogP) is 2.48. The second-order valence-corrected chi connectivity index (χ2v) is 6.11. The lowest BCUT2D eigenvalue weighted by Crippen LogP contribution is -2.47. The first kappa shape index (κ1) is 12.2. The van der Waals surface area contributed by atoms with Crippen molar-refractivity contribution >= 4 is 10.9 Å². The highest BCUT2D eigenvalue weighted by Gasteiger charge is 2.44. The first-order chi connectivity index (χ1) is 9.64. The van der Waals surface area contributed by atoms with E-state index in [0.717, 1.165) is 18.2 Å². The van der Waals surface area contributed by atoms with E-state index >= 15 is 0 Å². The number of nitrogens with one attached hydrogen (secondary N) is 1. The third-order valence-electron chi connectivity index (χ3n) is 4.70. The SMILES string of the molecule is OC1(c2cc3cccnc3cc2F)CC2CCC(C1)N2. The molecule has 4 rings (SSSR count). The summed E-state index contributed by atoms with van der Waals surface area (Å²) in [7, 11) is 0. The molecule has 0 saturated carbocycles. The molecule has 20 heavy (non-hydrogen) atoms. The third-order valence-corrected chi connectivity index (χ3v) is 4.70. The number of pyridine rings is 1. The molecule has 1 aromatic carbocycles. The van der Waals surface area contributed by atoms with Gasteiger partial charge in [-0.05, 0) is 37.8 Å². The molecule has 2 aliphatic rings. The molecule has 2 aromatic rings. The van der Waals surface area contributed by atoms with Gasteiger partial charge in [0.2, 0.25) is 0 Å². The van der Waals surface area contributed by atoms with E-state index in [1.54, 1.807) is 12.3 Å². The molecule has 0 spiro atoms. The van der Waals surface area contributed by atoms with E-state index in [1.165, 1.54) is 6.07 Å². The van der Waals surface area contributed by atoms with Gasteiger partial charge in [-0.15, -0.1) is 0 Å². The van der Waals surface area contributed by atoms with Crippen LogP contribution in [0.25, 0.3) is 10.9 Å². The van der Waals surface area contributed by atoms with Gasteiger partial charge in [0.1, 0.15) is 5.82 Å². The second kappa shape index (κ2) is 4.24. The average Bonchev–Trinajstić information content (AvgIpc) is 2.77. The second-order valence-electron chi connectivity index (χ2n) is 6.11. The summed E-state index contributed by atoms with van der Waals surface area (Å²) >= 11 is 0. The van der Waals surface area contributed by atoms with E-state index in [1.807, 2.05) is 12.1 Å². The Morgan fingerprint density at radius 2 is 2.00 bits per heavy atom. The van der Waals surface area contributed by atoms with Crippen LogP contribution in [-0.2, 0) is 5.60 Å². The van der Waals surface area contributed by atoms with Crippen molar-refractivity contribution in [2.45, 2.75) is 43.4 Å². The predicted molar refractivity (Wildman–Crippen MR) is 74.8 cm³/mol. The van der Waals surface area contributed by atoms with Gasteiger partial charge in [-0.25, -0.2) is 4.39 Å². The van der Waals surface area contributed by atoms with Crippen molar-refractivity contribution in [2.24, 2.45) is 0 Å². The van der Waals surface area contributed by atoms with Gasteiger partial charge in [0.15, 0.2) is 0 Å². The number of aromatic nitrogens is 1. The van der Waals surface area contributed by atoms with E-state index in [4.69, 9.17) is 0 Å². The highest BCUT2D eigenvalue weighted by molar-refractivity contribution is 5.79. The van der Waals surface area contributed by atoms with Gasteiger partial charge in [-0.2, -0.15) is 0 Å². The van der Waals surface area contributed by atoms with Crippen LogP contribution < -0.4 is 5.32 Å². The monoisotopic (exact) mass is 272 g/mol. The van der Waals surface area contributed by atoms with Gasteiger partial charge >= 0.3 is 0 Å². The van der Waals surface area contributed by atoms with E-state index in [2.05, 4.69) is 10.3 Å². The molecular formula is C16H17FN2O. The maximum atomic E-state index is 14.4. The molecule has 2 N–H and O–H groups in total. The van der Waals surface area contributed by atoms with E-state index in [0.29, 0.717) is 36.0 Å². The molecule has 2 unspecified atom stereocenters. The molecule has 0 aliphatic carbocycles. The molecule has 4 heteroatoms. The molecule has 2 bridgehead atoms. The van der Waals surface area contributed by atoms with Crippen LogP contribution in [0.1, 0.15) is 31.2 Å². The Hall–Kier alpha value is -1.52. The summed E-state index contributed by atoms with van der Waals surface area (Å²) in [6, 6.07) is 7.56. The van der Waals surface area contributed by atoms with Crippen LogP contribution in [-0.4, -0.2) is 22.2 Å². The number of fused-ring (bicyclic) bond motifs is 3. The maximum absolute atomic E-state index is 14.4. The summed E-state index contributed by atoms with van der Waals surface area (Å²) in [6.07, 6.45) is 4.98. The van der Waals surface area contributed by atoms with E-state index in [9.17, 15) is 9.50 Å². The summed E-state index contributed by atoms with van der Waals surface area (Å²) in [6.45, 7) is 0. The summed E-state index contributed by atoms with van der Waals surface area (Å²) < 4.78 is 14.4. The molecule has 0 amide bonds. The minimum Gasteiger partial charge on any atom is -0.385 e. The third kappa shape index (κ3) is 1.83. The number of piperidine rings is 1. The molecule has 2 fully saturated rings. The van der Waals surface area contributed by atoms with Crippen LogP contribution >= 0.6 is 0 Å². The number of nitrogens with zero attached hydrogens (tertiary/aromatic N) is 1. The summed E-state index contributed by atoms with van der Waals surface area (Å²) in [5.41, 5.74) is 0.0104. The number of aliphatic hydroxyl groups is 1. The zero-order valence-electron chi connectivity index (χ0n) is 11.1. The summed E-state index contributed by atoms with van der Waals surface area (Å²) in [5.74, 6) is -0.347. The first-order valence-electron chi connectivity index (χ1n) is 7.17. The van der Waals surface area contributed by atoms with Gasteiger partial charge < -0.3 is 10.4 Å². The fraction of sp³-hybridized carbons (Fsp3) is 0.438. The lowest BCUT2D eigenvalue weighted by molar-refractivity contribution is -0.0142. The van der Waals surface area contributed by atoms with Gasteiger partial charge in [0.25, 0.3) is 0 Å². The number of hydrogen-bond acceptors (Lipinski definition) is 3. The Balaban J connectivity index is 1.83. The molecule has 2 atom stereocenters.